The number of nitrogens with zero attached hydrogens (tertiary/aromatic N) is 1. The van der Waals surface area contributed by atoms with E-state index in [1.807, 2.05) is 31.2 Å². The van der Waals surface area contributed by atoms with E-state index in [9.17, 15) is 13.2 Å². The van der Waals surface area contributed by atoms with Gasteiger partial charge in [0.05, 0.1) is 24.7 Å². The van der Waals surface area contributed by atoms with Crippen LogP contribution in [0, 0.1) is 0 Å². The molecular formula is C21H26N2O5S. The Labute approximate surface area is 171 Å². The molecule has 1 heterocycles. The smallest absolute Gasteiger partial charge is 0.251 e. The Morgan fingerprint density at radius 3 is 2.48 bits per heavy atom. The molecule has 7 nitrogen and oxygen atoms in total. The summed E-state index contributed by atoms with van der Waals surface area (Å²) in [6.45, 7) is 4.92. The molecule has 0 aliphatic carbocycles. The highest BCUT2D eigenvalue weighted by molar-refractivity contribution is 7.89. The van der Waals surface area contributed by atoms with Gasteiger partial charge in [-0.3, -0.25) is 4.79 Å². The fourth-order valence-electron chi connectivity index (χ4n) is 2.99. The van der Waals surface area contributed by atoms with Crippen LogP contribution in [0.15, 0.2) is 53.4 Å². The van der Waals surface area contributed by atoms with Crippen LogP contribution in [0.4, 0.5) is 0 Å². The molecule has 0 aromatic heterocycles. The molecule has 0 bridgehead atoms. The summed E-state index contributed by atoms with van der Waals surface area (Å²) >= 11 is 0. The fraction of sp³-hybridized carbons (Fsp3) is 0.381. The predicted octanol–water partition coefficient (Wildman–Crippen LogP) is 2.17. The summed E-state index contributed by atoms with van der Waals surface area (Å²) in [5.41, 5.74) is 2.34. The second-order valence-corrected chi connectivity index (χ2v) is 8.62. The summed E-state index contributed by atoms with van der Waals surface area (Å²) in [6, 6.07) is 13.9. The molecule has 1 aliphatic heterocycles. The molecule has 1 fully saturated rings. The van der Waals surface area contributed by atoms with Gasteiger partial charge in [0, 0.05) is 31.8 Å². The van der Waals surface area contributed by atoms with Gasteiger partial charge in [0.2, 0.25) is 10.0 Å². The van der Waals surface area contributed by atoms with E-state index in [1.54, 1.807) is 12.1 Å². The second-order valence-electron chi connectivity index (χ2n) is 6.68. The van der Waals surface area contributed by atoms with Crippen molar-refractivity contribution >= 4 is 15.9 Å². The van der Waals surface area contributed by atoms with Crippen LogP contribution in [0.25, 0.3) is 0 Å². The number of morpholine rings is 1. The average Bonchev–Trinajstić information content (AvgIpc) is 2.77. The number of ether oxygens (including phenoxy) is 2. The van der Waals surface area contributed by atoms with Crippen molar-refractivity contribution in [2.75, 3.05) is 32.9 Å². The highest BCUT2D eigenvalue weighted by atomic mass is 32.2. The number of hydrogen-bond donors (Lipinski definition) is 1. The lowest BCUT2D eigenvalue weighted by molar-refractivity contribution is 0.0730. The van der Waals surface area contributed by atoms with E-state index in [-0.39, 0.29) is 10.8 Å². The lowest BCUT2D eigenvalue weighted by Gasteiger charge is -2.26. The molecule has 1 aliphatic rings. The van der Waals surface area contributed by atoms with Gasteiger partial charge in [-0.2, -0.15) is 4.31 Å². The van der Waals surface area contributed by atoms with E-state index in [0.29, 0.717) is 51.6 Å². The van der Waals surface area contributed by atoms with Gasteiger partial charge in [0.25, 0.3) is 5.91 Å². The molecule has 1 N–H and O–H groups in total. The molecule has 1 amide bonds. The van der Waals surface area contributed by atoms with E-state index in [2.05, 4.69) is 5.32 Å². The minimum Gasteiger partial charge on any atom is -0.379 e. The number of nitrogens with one attached hydrogen (secondary N) is 1. The number of carbonyl (C=O) groups is 1. The van der Waals surface area contributed by atoms with Crippen molar-refractivity contribution in [2.45, 2.75) is 25.0 Å². The van der Waals surface area contributed by atoms with Crippen LogP contribution in [0.5, 0.6) is 0 Å². The lowest BCUT2D eigenvalue weighted by Crippen LogP contribution is -2.40. The van der Waals surface area contributed by atoms with Crippen molar-refractivity contribution in [1.29, 1.82) is 0 Å². The van der Waals surface area contributed by atoms with E-state index in [0.717, 1.165) is 11.1 Å². The van der Waals surface area contributed by atoms with Crippen molar-refractivity contribution < 1.29 is 22.7 Å². The Morgan fingerprint density at radius 1 is 1.10 bits per heavy atom. The number of benzene rings is 2. The zero-order chi connectivity index (χ0) is 20.7. The fourth-order valence-corrected chi connectivity index (χ4v) is 4.45. The van der Waals surface area contributed by atoms with Crippen LogP contribution in [0.3, 0.4) is 0 Å². The van der Waals surface area contributed by atoms with Gasteiger partial charge in [0.1, 0.15) is 0 Å². The molecule has 2 aromatic rings. The van der Waals surface area contributed by atoms with Gasteiger partial charge in [-0.05, 0) is 36.2 Å². The maximum absolute atomic E-state index is 12.8. The van der Waals surface area contributed by atoms with Crippen LogP contribution < -0.4 is 5.32 Å². The summed E-state index contributed by atoms with van der Waals surface area (Å²) < 4.78 is 37.5. The van der Waals surface area contributed by atoms with Gasteiger partial charge in [0.15, 0.2) is 0 Å². The molecule has 3 rings (SSSR count). The van der Waals surface area contributed by atoms with Crippen LogP contribution in [-0.2, 0) is 32.6 Å². The molecule has 2 aromatic carbocycles. The molecule has 0 unspecified atom stereocenters. The summed E-state index contributed by atoms with van der Waals surface area (Å²) in [5, 5.41) is 2.84. The van der Waals surface area contributed by atoms with Crippen LogP contribution >= 0.6 is 0 Å². The molecule has 29 heavy (non-hydrogen) atoms. The van der Waals surface area contributed by atoms with E-state index >= 15 is 0 Å². The van der Waals surface area contributed by atoms with Gasteiger partial charge < -0.3 is 14.8 Å². The number of rotatable bonds is 8. The Hall–Kier alpha value is -2.26. The molecule has 0 saturated carbocycles. The molecule has 1 saturated heterocycles. The predicted molar refractivity (Wildman–Crippen MR) is 109 cm³/mol. The first-order valence-corrected chi connectivity index (χ1v) is 11.1. The monoisotopic (exact) mass is 418 g/mol. The average molecular weight is 419 g/mol. The standard InChI is InChI=1S/C21H26N2O5S/c1-2-27-16-18-8-6-17(7-9-18)15-22-21(24)19-4-3-5-20(14-19)29(25,26)23-10-12-28-13-11-23/h3-9,14H,2,10-13,15-16H2,1H3,(H,22,24). The molecule has 0 radical (unpaired) electrons. The summed E-state index contributed by atoms with van der Waals surface area (Å²) in [7, 11) is -3.64. The number of amides is 1. The zero-order valence-electron chi connectivity index (χ0n) is 16.5. The van der Waals surface area contributed by atoms with E-state index < -0.39 is 10.0 Å². The van der Waals surface area contributed by atoms with Crippen molar-refractivity contribution in [3.8, 4) is 0 Å². The second kappa shape index (κ2) is 9.98. The first-order valence-electron chi connectivity index (χ1n) is 9.62. The maximum Gasteiger partial charge on any atom is 0.251 e. The van der Waals surface area contributed by atoms with Crippen molar-refractivity contribution in [1.82, 2.24) is 9.62 Å². The van der Waals surface area contributed by atoms with Crippen LogP contribution in [0.2, 0.25) is 0 Å². The van der Waals surface area contributed by atoms with Gasteiger partial charge >= 0.3 is 0 Å². The zero-order valence-corrected chi connectivity index (χ0v) is 17.3. The topological polar surface area (TPSA) is 84.9 Å². The molecule has 8 heteroatoms. The number of hydrogen-bond acceptors (Lipinski definition) is 5. The first-order chi connectivity index (χ1) is 14.0. The van der Waals surface area contributed by atoms with Crippen molar-refractivity contribution in [2.24, 2.45) is 0 Å². The maximum atomic E-state index is 12.8. The Morgan fingerprint density at radius 2 is 1.79 bits per heavy atom. The SMILES string of the molecule is CCOCc1ccc(CNC(=O)c2cccc(S(=O)(=O)N3CCOCC3)c2)cc1. The minimum atomic E-state index is -3.64. The van der Waals surface area contributed by atoms with E-state index in [1.165, 1.54) is 16.4 Å². The summed E-state index contributed by atoms with van der Waals surface area (Å²) in [5.74, 6) is -0.317. The van der Waals surface area contributed by atoms with E-state index in [4.69, 9.17) is 9.47 Å². The van der Waals surface area contributed by atoms with Gasteiger partial charge in [-0.1, -0.05) is 30.3 Å². The highest BCUT2D eigenvalue weighted by Gasteiger charge is 2.26. The largest absolute Gasteiger partial charge is 0.379 e. The Kier molecular flexibility index (Phi) is 7.38. The quantitative estimate of drug-likeness (QED) is 0.710. The Balaban J connectivity index is 1.63. The molecule has 0 spiro atoms. The number of carbonyl (C=O) groups excluding carboxylic acids is 1. The minimum absolute atomic E-state index is 0.118. The van der Waals surface area contributed by atoms with Crippen LogP contribution in [-0.4, -0.2) is 51.5 Å². The molecule has 0 atom stereocenters. The highest BCUT2D eigenvalue weighted by Crippen LogP contribution is 2.18. The van der Waals surface area contributed by atoms with Gasteiger partial charge in [-0.25, -0.2) is 8.42 Å². The summed E-state index contributed by atoms with van der Waals surface area (Å²) in [4.78, 5) is 12.6. The van der Waals surface area contributed by atoms with Crippen LogP contribution in [0.1, 0.15) is 28.4 Å². The van der Waals surface area contributed by atoms with Crippen molar-refractivity contribution in [3.63, 3.8) is 0 Å². The summed E-state index contributed by atoms with van der Waals surface area (Å²) in [6.07, 6.45) is 0. The molecular weight excluding hydrogens is 392 g/mol. The Bertz CT molecular complexity index is 922. The third-order valence-corrected chi connectivity index (χ3v) is 6.55. The third kappa shape index (κ3) is 5.63. The number of sulfonamides is 1. The third-order valence-electron chi connectivity index (χ3n) is 4.65. The lowest BCUT2D eigenvalue weighted by atomic mass is 10.1. The molecule has 156 valence electrons. The normalized spacial score (nSPS) is 15.2. The van der Waals surface area contributed by atoms with Gasteiger partial charge in [-0.15, -0.1) is 0 Å². The first kappa shape index (κ1) is 21.4. The van der Waals surface area contributed by atoms with Crippen molar-refractivity contribution in [3.05, 3.63) is 65.2 Å².